The van der Waals surface area contributed by atoms with Crippen LogP contribution in [0.5, 0.6) is 0 Å². The van der Waals surface area contributed by atoms with Gasteiger partial charge in [-0.2, -0.15) is 0 Å². The molecule has 0 atom stereocenters. The zero-order chi connectivity index (χ0) is 8.69. The molecule has 0 saturated carbocycles. The zero-order valence-corrected chi connectivity index (χ0v) is 6.27. The Balaban J connectivity index is 0.000000218. The summed E-state index contributed by atoms with van der Waals surface area (Å²) < 4.78 is 0. The van der Waals surface area contributed by atoms with Gasteiger partial charge < -0.3 is 10.2 Å². The van der Waals surface area contributed by atoms with Gasteiger partial charge in [-0.3, -0.25) is 0 Å². The molecule has 0 aliphatic heterocycles. The summed E-state index contributed by atoms with van der Waals surface area (Å²) in [6, 6.07) is 1.75. The first kappa shape index (κ1) is 9.70. The van der Waals surface area contributed by atoms with E-state index in [9.17, 15) is 0 Å². The van der Waals surface area contributed by atoms with Crippen LogP contribution in [0.15, 0.2) is 23.6 Å². The molecular formula is C5H6N2O3S. The Morgan fingerprint density at radius 2 is 1.73 bits per heavy atom. The molecule has 0 radical (unpaired) electrons. The Morgan fingerprint density at radius 1 is 1.36 bits per heavy atom. The molecule has 0 aromatic carbocycles. The molecule has 0 saturated heterocycles. The van der Waals surface area contributed by atoms with Gasteiger partial charge in [0.15, 0.2) is 5.16 Å². The van der Waals surface area contributed by atoms with Gasteiger partial charge in [0, 0.05) is 12.4 Å². The molecule has 0 spiro atoms. The van der Waals surface area contributed by atoms with E-state index in [0.717, 1.165) is 0 Å². The van der Waals surface area contributed by atoms with E-state index in [0.29, 0.717) is 5.16 Å². The van der Waals surface area contributed by atoms with Crippen molar-refractivity contribution in [2.75, 3.05) is 0 Å². The molecule has 6 heteroatoms. The smallest absolute Gasteiger partial charge is 0.450 e. The summed E-state index contributed by atoms with van der Waals surface area (Å²) in [5.41, 5.74) is 0. The van der Waals surface area contributed by atoms with Crippen LogP contribution in [0.25, 0.3) is 0 Å². The molecule has 0 fully saturated rings. The van der Waals surface area contributed by atoms with E-state index in [1.165, 1.54) is 0 Å². The highest BCUT2D eigenvalue weighted by molar-refractivity contribution is 7.80. The van der Waals surface area contributed by atoms with E-state index in [4.69, 9.17) is 15.0 Å². The quantitative estimate of drug-likeness (QED) is 0.403. The van der Waals surface area contributed by atoms with Crippen LogP contribution >= 0.6 is 12.6 Å². The van der Waals surface area contributed by atoms with Crippen molar-refractivity contribution in [3.8, 4) is 0 Å². The van der Waals surface area contributed by atoms with Gasteiger partial charge in [-0.1, -0.05) is 0 Å². The van der Waals surface area contributed by atoms with Crippen LogP contribution in [-0.4, -0.2) is 26.3 Å². The number of carboxylic acid groups (broad SMARTS) is 2. The maximum absolute atomic E-state index is 8.56. The van der Waals surface area contributed by atoms with Crippen molar-refractivity contribution in [3.63, 3.8) is 0 Å². The van der Waals surface area contributed by atoms with E-state index < -0.39 is 6.16 Å². The Hall–Kier alpha value is -1.30. The topological polar surface area (TPSA) is 83.3 Å². The van der Waals surface area contributed by atoms with Crippen molar-refractivity contribution in [2.24, 2.45) is 0 Å². The van der Waals surface area contributed by atoms with E-state index in [1.54, 1.807) is 18.5 Å². The van der Waals surface area contributed by atoms with E-state index in [-0.39, 0.29) is 0 Å². The lowest BCUT2D eigenvalue weighted by Crippen LogP contribution is -1.81. The lowest BCUT2D eigenvalue weighted by molar-refractivity contribution is 0.137. The van der Waals surface area contributed by atoms with Gasteiger partial charge in [0.25, 0.3) is 0 Å². The second-order valence-corrected chi connectivity index (χ2v) is 1.73. The van der Waals surface area contributed by atoms with Gasteiger partial charge in [0.05, 0.1) is 0 Å². The van der Waals surface area contributed by atoms with E-state index in [1.807, 2.05) is 0 Å². The van der Waals surface area contributed by atoms with Crippen LogP contribution in [0, 0.1) is 0 Å². The maximum Gasteiger partial charge on any atom is 0.503 e. The summed E-state index contributed by atoms with van der Waals surface area (Å²) in [6.45, 7) is 0. The molecule has 1 aromatic heterocycles. The minimum atomic E-state index is -1.83. The number of carbonyl (C=O) groups is 1. The molecule has 0 amide bonds. The van der Waals surface area contributed by atoms with Gasteiger partial charge in [0.1, 0.15) is 0 Å². The molecule has 1 aromatic rings. The van der Waals surface area contributed by atoms with Crippen molar-refractivity contribution in [1.29, 1.82) is 0 Å². The zero-order valence-electron chi connectivity index (χ0n) is 5.38. The number of hydrogen-bond donors (Lipinski definition) is 3. The molecule has 0 unspecified atom stereocenters. The standard InChI is InChI=1S/C4H4N2S.CH2O3/c7-4-5-2-1-3-6-4;2-1(3)4/h1-3H,(H,5,6,7);(H2,2,3,4). The normalized spacial score (nSPS) is 7.73. The molecule has 11 heavy (non-hydrogen) atoms. The number of aromatic nitrogens is 2. The third-order valence-corrected chi connectivity index (χ3v) is 0.783. The molecule has 0 aliphatic rings. The third-order valence-electron chi connectivity index (χ3n) is 0.552. The minimum absolute atomic E-state index is 0.516. The lowest BCUT2D eigenvalue weighted by atomic mass is 10.7. The first-order valence-electron chi connectivity index (χ1n) is 2.51. The fraction of sp³-hybridized carbons (Fsp3) is 0. The minimum Gasteiger partial charge on any atom is -0.450 e. The fourth-order valence-corrected chi connectivity index (χ4v) is 0.425. The van der Waals surface area contributed by atoms with Crippen LogP contribution in [0.3, 0.4) is 0 Å². The summed E-state index contributed by atoms with van der Waals surface area (Å²) in [5.74, 6) is 0. The second-order valence-electron chi connectivity index (χ2n) is 1.33. The highest BCUT2D eigenvalue weighted by Gasteiger charge is 1.76. The van der Waals surface area contributed by atoms with Crippen LogP contribution in [-0.2, 0) is 0 Å². The highest BCUT2D eigenvalue weighted by atomic mass is 32.1. The Labute approximate surface area is 68.1 Å². The van der Waals surface area contributed by atoms with Crippen molar-refractivity contribution in [3.05, 3.63) is 18.5 Å². The Morgan fingerprint density at radius 3 is 1.91 bits per heavy atom. The molecule has 1 rings (SSSR count). The van der Waals surface area contributed by atoms with Gasteiger partial charge in [-0.15, -0.1) is 12.6 Å². The lowest BCUT2D eigenvalue weighted by Gasteiger charge is -1.80. The van der Waals surface area contributed by atoms with Crippen molar-refractivity contribution >= 4 is 18.8 Å². The Bertz CT molecular complexity index is 212. The van der Waals surface area contributed by atoms with Gasteiger partial charge in [-0.25, -0.2) is 14.8 Å². The first-order chi connectivity index (χ1) is 5.13. The summed E-state index contributed by atoms with van der Waals surface area (Å²) in [7, 11) is 0. The average molecular weight is 174 g/mol. The van der Waals surface area contributed by atoms with Crippen LogP contribution < -0.4 is 0 Å². The summed E-state index contributed by atoms with van der Waals surface area (Å²) in [4.78, 5) is 16.0. The largest absolute Gasteiger partial charge is 0.503 e. The predicted molar refractivity (Wildman–Crippen MR) is 39.9 cm³/mol. The molecule has 1 heterocycles. The predicted octanol–water partition coefficient (Wildman–Crippen LogP) is 0.988. The van der Waals surface area contributed by atoms with Crippen molar-refractivity contribution in [2.45, 2.75) is 5.16 Å². The molecule has 5 nitrogen and oxygen atoms in total. The first-order valence-corrected chi connectivity index (χ1v) is 2.95. The van der Waals surface area contributed by atoms with Crippen LogP contribution in [0.1, 0.15) is 0 Å². The Kier molecular flexibility index (Phi) is 4.83. The summed E-state index contributed by atoms with van der Waals surface area (Å²) in [5, 5.41) is 14.5. The van der Waals surface area contributed by atoms with Crippen molar-refractivity contribution in [1.82, 2.24) is 9.97 Å². The summed E-state index contributed by atoms with van der Waals surface area (Å²) in [6.07, 6.45) is 1.46. The highest BCUT2D eigenvalue weighted by Crippen LogP contribution is 1.89. The van der Waals surface area contributed by atoms with Gasteiger partial charge in [-0.05, 0) is 6.07 Å². The second kappa shape index (κ2) is 5.48. The maximum atomic E-state index is 8.56. The molecule has 0 aliphatic carbocycles. The molecule has 0 bridgehead atoms. The van der Waals surface area contributed by atoms with Crippen molar-refractivity contribution < 1.29 is 15.0 Å². The monoisotopic (exact) mass is 174 g/mol. The SMILES string of the molecule is O=C(O)O.Sc1ncccn1. The van der Waals surface area contributed by atoms with Gasteiger partial charge in [0.2, 0.25) is 0 Å². The molecular weight excluding hydrogens is 168 g/mol. The number of thiol groups is 1. The van der Waals surface area contributed by atoms with Crippen LogP contribution in [0.4, 0.5) is 4.79 Å². The fourth-order valence-electron chi connectivity index (χ4n) is 0.291. The number of rotatable bonds is 0. The number of nitrogens with zero attached hydrogens (tertiary/aromatic N) is 2. The third kappa shape index (κ3) is 8.70. The van der Waals surface area contributed by atoms with E-state index in [2.05, 4.69) is 22.6 Å². The average Bonchev–Trinajstić information content (AvgIpc) is 1.87. The van der Waals surface area contributed by atoms with Crippen LogP contribution in [0.2, 0.25) is 0 Å². The molecule has 2 N–H and O–H groups in total. The van der Waals surface area contributed by atoms with Gasteiger partial charge >= 0.3 is 6.16 Å². The number of hydrogen-bond acceptors (Lipinski definition) is 4. The molecule has 60 valence electrons. The van der Waals surface area contributed by atoms with E-state index >= 15 is 0 Å². The summed E-state index contributed by atoms with van der Waals surface area (Å²) >= 11 is 3.86.